The first-order valence-corrected chi connectivity index (χ1v) is 10.5. The van der Waals surface area contributed by atoms with E-state index in [0.29, 0.717) is 28.1 Å². The molecule has 4 aromatic rings. The summed E-state index contributed by atoms with van der Waals surface area (Å²) in [7, 11) is 0. The molecule has 0 spiro atoms. The van der Waals surface area contributed by atoms with Crippen molar-refractivity contribution >= 4 is 17.3 Å². The van der Waals surface area contributed by atoms with E-state index in [9.17, 15) is 13.6 Å². The fraction of sp³-hybridized carbons (Fsp3) is 0.0741. The van der Waals surface area contributed by atoms with Crippen LogP contribution in [0.2, 0.25) is 0 Å². The molecular weight excluding hydrogens is 422 g/mol. The maximum Gasteiger partial charge on any atom is 0.255 e. The molecular formula is C27H18F2N2O2. The van der Waals surface area contributed by atoms with Crippen molar-refractivity contribution in [3.8, 4) is 11.1 Å². The lowest BCUT2D eigenvalue weighted by molar-refractivity contribution is 0.0857. The van der Waals surface area contributed by atoms with Crippen LogP contribution in [0.1, 0.15) is 44.8 Å². The summed E-state index contributed by atoms with van der Waals surface area (Å²) in [5.41, 5.74) is 12.4. The van der Waals surface area contributed by atoms with Crippen molar-refractivity contribution in [1.29, 1.82) is 0 Å². The molecule has 2 aliphatic rings. The van der Waals surface area contributed by atoms with Gasteiger partial charge < -0.3 is 15.8 Å². The van der Waals surface area contributed by atoms with Gasteiger partial charge >= 0.3 is 0 Å². The van der Waals surface area contributed by atoms with Crippen LogP contribution in [0.25, 0.3) is 11.1 Å². The van der Waals surface area contributed by atoms with Gasteiger partial charge in [0.2, 0.25) is 0 Å². The van der Waals surface area contributed by atoms with Crippen molar-refractivity contribution in [2.45, 2.75) is 12.2 Å². The second-order valence-electron chi connectivity index (χ2n) is 8.28. The maximum atomic E-state index is 14.3. The molecule has 0 saturated heterocycles. The molecule has 2 bridgehead atoms. The van der Waals surface area contributed by atoms with Crippen LogP contribution in [0.5, 0.6) is 0 Å². The fourth-order valence-electron chi connectivity index (χ4n) is 4.65. The van der Waals surface area contributed by atoms with Crippen LogP contribution in [0.4, 0.5) is 20.2 Å². The predicted molar refractivity (Wildman–Crippen MR) is 122 cm³/mol. The Morgan fingerprint density at radius 3 is 2.24 bits per heavy atom. The molecule has 0 fully saturated rings. The molecule has 0 aliphatic carbocycles. The molecule has 0 aromatic heterocycles. The third kappa shape index (κ3) is 3.18. The molecule has 3 N–H and O–H groups in total. The second kappa shape index (κ2) is 7.25. The number of ether oxygens (including phenoxy) is 1. The SMILES string of the molecule is Nc1ccc(NC(=O)c2ccc3c(c2)C2OC3c3ccc(-c4ccc(F)cc4F)cc32)cc1. The molecule has 1 amide bonds. The number of hydrogen-bond donors (Lipinski definition) is 2. The van der Waals surface area contributed by atoms with E-state index in [0.717, 1.165) is 28.3 Å². The molecule has 2 aliphatic heterocycles. The molecule has 6 rings (SSSR count). The minimum atomic E-state index is -0.612. The smallest absolute Gasteiger partial charge is 0.255 e. The third-order valence-electron chi connectivity index (χ3n) is 6.25. The van der Waals surface area contributed by atoms with E-state index in [4.69, 9.17) is 10.5 Å². The average Bonchev–Trinajstić information content (AvgIpc) is 3.37. The number of hydrogen-bond acceptors (Lipinski definition) is 3. The van der Waals surface area contributed by atoms with Gasteiger partial charge in [0, 0.05) is 28.6 Å². The van der Waals surface area contributed by atoms with Gasteiger partial charge in [0.25, 0.3) is 5.91 Å². The summed E-state index contributed by atoms with van der Waals surface area (Å²) in [5.74, 6) is -1.45. The molecule has 2 heterocycles. The highest BCUT2D eigenvalue weighted by atomic mass is 19.1. The highest BCUT2D eigenvalue weighted by Gasteiger charge is 2.43. The van der Waals surface area contributed by atoms with E-state index in [2.05, 4.69) is 5.32 Å². The quantitative estimate of drug-likeness (QED) is 0.385. The Balaban J connectivity index is 1.32. The molecule has 4 aromatic carbocycles. The van der Waals surface area contributed by atoms with Crippen LogP contribution in [0, 0.1) is 11.6 Å². The summed E-state index contributed by atoms with van der Waals surface area (Å²) in [6.07, 6.45) is -0.561. The summed E-state index contributed by atoms with van der Waals surface area (Å²) in [6.45, 7) is 0. The zero-order valence-corrected chi connectivity index (χ0v) is 17.3. The Morgan fingerprint density at radius 2 is 1.48 bits per heavy atom. The standard InChI is InChI=1S/C27H18F2N2O2/c28-16-3-10-19(24(29)13-16)14-1-8-20-22(11-14)26-23-12-15(2-9-21(23)25(20)33-26)27(32)31-18-6-4-17(30)5-7-18/h1-13,25-26H,30H2,(H,31,32). The van der Waals surface area contributed by atoms with Gasteiger partial charge in [-0.1, -0.05) is 18.2 Å². The summed E-state index contributed by atoms with van der Waals surface area (Å²) in [6, 6.07) is 21.7. The number of nitrogens with one attached hydrogen (secondary N) is 1. The van der Waals surface area contributed by atoms with E-state index in [1.54, 1.807) is 30.3 Å². The first-order valence-electron chi connectivity index (χ1n) is 10.5. The number of benzene rings is 4. The summed E-state index contributed by atoms with van der Waals surface area (Å²) >= 11 is 0. The zero-order valence-electron chi connectivity index (χ0n) is 17.3. The largest absolute Gasteiger partial charge is 0.399 e. The van der Waals surface area contributed by atoms with Crippen LogP contribution in [-0.2, 0) is 4.74 Å². The van der Waals surface area contributed by atoms with E-state index >= 15 is 0 Å². The van der Waals surface area contributed by atoms with Crippen LogP contribution in [0.15, 0.2) is 78.9 Å². The molecule has 4 nitrogen and oxygen atoms in total. The molecule has 162 valence electrons. The monoisotopic (exact) mass is 440 g/mol. The van der Waals surface area contributed by atoms with Crippen molar-refractivity contribution in [3.05, 3.63) is 118 Å². The van der Waals surface area contributed by atoms with Crippen LogP contribution >= 0.6 is 0 Å². The molecule has 2 unspecified atom stereocenters. The van der Waals surface area contributed by atoms with E-state index in [1.807, 2.05) is 30.3 Å². The van der Waals surface area contributed by atoms with Gasteiger partial charge in [-0.2, -0.15) is 0 Å². The van der Waals surface area contributed by atoms with Gasteiger partial charge in [-0.05, 0) is 82.4 Å². The number of anilines is 2. The number of carbonyl (C=O) groups excluding carboxylic acids is 1. The van der Waals surface area contributed by atoms with Crippen molar-refractivity contribution in [3.63, 3.8) is 0 Å². The molecule has 0 radical (unpaired) electrons. The van der Waals surface area contributed by atoms with Gasteiger partial charge in [0.1, 0.15) is 23.8 Å². The summed E-state index contributed by atoms with van der Waals surface area (Å²) in [5, 5.41) is 2.87. The summed E-state index contributed by atoms with van der Waals surface area (Å²) < 4.78 is 33.9. The number of nitrogen functional groups attached to an aromatic ring is 1. The number of halogens is 2. The summed E-state index contributed by atoms with van der Waals surface area (Å²) in [4.78, 5) is 12.8. The van der Waals surface area contributed by atoms with Crippen LogP contribution in [0.3, 0.4) is 0 Å². The second-order valence-corrected chi connectivity index (χ2v) is 8.28. The molecule has 6 heteroatoms. The van der Waals surface area contributed by atoms with Crippen molar-refractivity contribution < 1.29 is 18.3 Å². The topological polar surface area (TPSA) is 64.3 Å². The Morgan fingerprint density at radius 1 is 0.788 bits per heavy atom. The van der Waals surface area contributed by atoms with Crippen molar-refractivity contribution in [2.24, 2.45) is 0 Å². The molecule has 2 atom stereocenters. The Labute approximate surface area is 188 Å². The lowest BCUT2D eigenvalue weighted by Crippen LogP contribution is -2.13. The van der Waals surface area contributed by atoms with Crippen LogP contribution < -0.4 is 11.1 Å². The first kappa shape index (κ1) is 19.6. The van der Waals surface area contributed by atoms with Gasteiger partial charge in [0.15, 0.2) is 0 Å². The fourth-order valence-corrected chi connectivity index (χ4v) is 4.65. The van der Waals surface area contributed by atoms with Crippen LogP contribution in [-0.4, -0.2) is 5.91 Å². The predicted octanol–water partition coefficient (Wildman–Crippen LogP) is 5.99. The maximum absolute atomic E-state index is 14.3. The zero-order chi connectivity index (χ0) is 22.7. The van der Waals surface area contributed by atoms with Gasteiger partial charge in [-0.15, -0.1) is 0 Å². The molecule has 33 heavy (non-hydrogen) atoms. The van der Waals surface area contributed by atoms with Gasteiger partial charge in [-0.3, -0.25) is 4.79 Å². The normalized spacial score (nSPS) is 17.5. The van der Waals surface area contributed by atoms with Gasteiger partial charge in [-0.25, -0.2) is 8.78 Å². The lowest BCUT2D eigenvalue weighted by Gasteiger charge is -2.18. The van der Waals surface area contributed by atoms with E-state index < -0.39 is 11.6 Å². The third-order valence-corrected chi connectivity index (χ3v) is 6.25. The Hall–Kier alpha value is -4.03. The first-order chi connectivity index (χ1) is 16.0. The number of amides is 1. The van der Waals surface area contributed by atoms with E-state index in [1.165, 1.54) is 12.1 Å². The number of nitrogens with two attached hydrogens (primary N) is 1. The van der Waals surface area contributed by atoms with Crippen molar-refractivity contribution in [2.75, 3.05) is 11.1 Å². The Kier molecular flexibility index (Phi) is 4.32. The number of carbonyl (C=O) groups is 1. The minimum Gasteiger partial charge on any atom is -0.399 e. The average molecular weight is 440 g/mol. The Bertz CT molecular complexity index is 1430. The molecule has 0 saturated carbocycles. The van der Waals surface area contributed by atoms with Crippen molar-refractivity contribution in [1.82, 2.24) is 0 Å². The lowest BCUT2D eigenvalue weighted by atomic mass is 9.83. The van der Waals surface area contributed by atoms with Gasteiger partial charge in [0.05, 0.1) is 0 Å². The minimum absolute atomic E-state index is 0.221. The number of rotatable bonds is 3. The number of fused-ring (bicyclic) bond motifs is 8. The highest BCUT2D eigenvalue weighted by Crippen LogP contribution is 2.54. The van der Waals surface area contributed by atoms with E-state index in [-0.39, 0.29) is 18.1 Å². The highest BCUT2D eigenvalue weighted by molar-refractivity contribution is 6.04.